The van der Waals surface area contributed by atoms with E-state index in [9.17, 15) is 53.4 Å². The number of hydrogen-bond donors (Lipinski definition) is 11. The Kier molecular flexibility index (Phi) is 24.3. The molecule has 11 N–H and O–H groups in total. The van der Waals surface area contributed by atoms with Crippen LogP contribution in [-0.2, 0) is 51.0 Å². The monoisotopic (exact) mass is 1100 g/mol. The van der Waals surface area contributed by atoms with Gasteiger partial charge in [0.2, 0.25) is 23.6 Å². The molecule has 434 valence electrons. The van der Waals surface area contributed by atoms with Gasteiger partial charge in [-0.15, -0.1) is 0 Å². The maximum Gasteiger partial charge on any atom is 0.408 e. The molecule has 0 unspecified atom stereocenters. The lowest BCUT2D eigenvalue weighted by atomic mass is 9.95. The van der Waals surface area contributed by atoms with Crippen molar-refractivity contribution in [2.45, 2.75) is 187 Å². The fourth-order valence-corrected chi connectivity index (χ4v) is 7.70. The first-order chi connectivity index (χ1) is 36.1. The second-order valence-electron chi connectivity index (χ2n) is 22.9. The molecule has 0 radical (unpaired) electrons. The SMILES string of the molecule is CC(C)(C)OC(=O)NCCC[C@@H](CNC(=O)[C@H](CCCNC(=O)O)NC(=O)[C@@H]1Cc2cccc(c2)-c2ccc(O)c(c2)C[C@H](NC(=O)OC(C)(C)C)C(=O)N[C@@H](CCCNC(=O)OC(C)(C)C)C(=O)N1)NC(=O)OC(C)(C)C. The molecule has 2 aromatic rings. The number of aromatic hydroxyl groups is 1. The van der Waals surface area contributed by atoms with E-state index in [2.05, 4.69) is 47.9 Å². The van der Waals surface area contributed by atoms with Crippen LogP contribution in [-0.4, -0.2) is 143 Å². The molecular formula is C54H83N9O15. The van der Waals surface area contributed by atoms with Crippen LogP contribution in [0.2, 0.25) is 0 Å². The minimum Gasteiger partial charge on any atom is -0.508 e. The summed E-state index contributed by atoms with van der Waals surface area (Å²) in [4.78, 5) is 120. The molecule has 0 aliphatic carbocycles. The van der Waals surface area contributed by atoms with Gasteiger partial charge in [0.1, 0.15) is 52.3 Å². The van der Waals surface area contributed by atoms with Crippen molar-refractivity contribution >= 4 is 54.1 Å². The van der Waals surface area contributed by atoms with Crippen molar-refractivity contribution in [1.29, 1.82) is 0 Å². The number of rotatable bonds is 19. The molecule has 3 rings (SSSR count). The summed E-state index contributed by atoms with van der Waals surface area (Å²) in [5.74, 6) is -3.44. The van der Waals surface area contributed by atoms with Gasteiger partial charge in [-0.25, -0.2) is 24.0 Å². The van der Waals surface area contributed by atoms with Gasteiger partial charge in [-0.1, -0.05) is 30.3 Å². The highest BCUT2D eigenvalue weighted by Gasteiger charge is 2.34. The number of phenols is 1. The number of carbonyl (C=O) groups is 9. The number of benzene rings is 2. The van der Waals surface area contributed by atoms with Gasteiger partial charge in [0.15, 0.2) is 0 Å². The Bertz CT molecular complexity index is 2410. The number of alkyl carbamates (subject to hydrolysis) is 4. The first kappa shape index (κ1) is 64.8. The molecule has 0 aromatic heterocycles. The lowest BCUT2D eigenvalue weighted by Gasteiger charge is -2.28. The largest absolute Gasteiger partial charge is 0.508 e. The van der Waals surface area contributed by atoms with E-state index in [0.29, 0.717) is 23.1 Å². The molecule has 5 atom stereocenters. The van der Waals surface area contributed by atoms with E-state index < -0.39 is 107 Å². The van der Waals surface area contributed by atoms with Crippen LogP contribution in [0.5, 0.6) is 5.75 Å². The number of carboxylic acid groups (broad SMARTS) is 1. The molecular weight excluding hydrogens is 1010 g/mol. The van der Waals surface area contributed by atoms with E-state index in [1.54, 1.807) is 119 Å². The third kappa shape index (κ3) is 26.0. The van der Waals surface area contributed by atoms with E-state index in [1.165, 1.54) is 6.07 Å². The van der Waals surface area contributed by atoms with E-state index in [-0.39, 0.29) is 82.4 Å². The average Bonchev–Trinajstić information content (AvgIpc) is 3.28. The molecule has 0 spiro atoms. The second-order valence-corrected chi connectivity index (χ2v) is 22.9. The van der Waals surface area contributed by atoms with Crippen LogP contribution >= 0.6 is 0 Å². The van der Waals surface area contributed by atoms with Crippen molar-refractivity contribution in [1.82, 2.24) is 47.9 Å². The summed E-state index contributed by atoms with van der Waals surface area (Å²) in [7, 11) is 0. The Balaban J connectivity index is 2.06. The molecule has 0 fully saturated rings. The predicted molar refractivity (Wildman–Crippen MR) is 288 cm³/mol. The van der Waals surface area contributed by atoms with Gasteiger partial charge in [0.25, 0.3) is 0 Å². The van der Waals surface area contributed by atoms with Crippen molar-refractivity contribution in [3.8, 4) is 16.9 Å². The summed E-state index contributed by atoms with van der Waals surface area (Å²) in [6.45, 7) is 20.1. The molecule has 2 aromatic carbocycles. The van der Waals surface area contributed by atoms with Crippen molar-refractivity contribution in [2.75, 3.05) is 26.2 Å². The van der Waals surface area contributed by atoms with Crippen LogP contribution in [0.25, 0.3) is 11.1 Å². The smallest absolute Gasteiger partial charge is 0.408 e. The van der Waals surface area contributed by atoms with Gasteiger partial charge in [-0.05, 0) is 156 Å². The summed E-state index contributed by atoms with van der Waals surface area (Å²) in [5.41, 5.74) is -1.32. The van der Waals surface area contributed by atoms with Crippen LogP contribution in [0.3, 0.4) is 0 Å². The Labute approximate surface area is 456 Å². The number of phenolic OH excluding ortho intramolecular Hbond substituents is 1. The van der Waals surface area contributed by atoms with Crippen LogP contribution in [0.4, 0.5) is 24.0 Å². The molecule has 9 amide bonds. The third-order valence-electron chi connectivity index (χ3n) is 11.0. The van der Waals surface area contributed by atoms with Gasteiger partial charge in [0.05, 0.1) is 0 Å². The van der Waals surface area contributed by atoms with E-state index in [4.69, 9.17) is 18.9 Å². The van der Waals surface area contributed by atoms with Crippen LogP contribution in [0.1, 0.15) is 133 Å². The first-order valence-corrected chi connectivity index (χ1v) is 26.1. The number of ether oxygens (including phenoxy) is 4. The van der Waals surface area contributed by atoms with Crippen LogP contribution in [0, 0.1) is 0 Å². The highest BCUT2D eigenvalue weighted by Crippen LogP contribution is 2.29. The van der Waals surface area contributed by atoms with Crippen molar-refractivity contribution < 1.29 is 72.3 Å². The number of nitrogens with one attached hydrogen (secondary N) is 9. The zero-order valence-electron chi connectivity index (χ0n) is 47.1. The fraction of sp³-hybridized carbons (Fsp3) is 0.611. The number of amides is 9. The molecule has 24 heteroatoms. The number of hydrogen-bond acceptors (Lipinski definition) is 14. The lowest BCUT2D eigenvalue weighted by Crippen LogP contribution is -2.59. The highest BCUT2D eigenvalue weighted by molar-refractivity contribution is 5.95. The molecule has 4 bridgehead atoms. The average molecular weight is 1100 g/mol. The normalized spacial score (nSPS) is 16.8. The summed E-state index contributed by atoms with van der Waals surface area (Å²) in [6.07, 6.45) is -4.30. The second kappa shape index (κ2) is 29.3. The Morgan fingerprint density at radius 1 is 0.615 bits per heavy atom. The fourth-order valence-electron chi connectivity index (χ4n) is 7.70. The molecule has 1 heterocycles. The summed E-state index contributed by atoms with van der Waals surface area (Å²) >= 11 is 0. The molecule has 24 nitrogen and oxygen atoms in total. The van der Waals surface area contributed by atoms with Gasteiger partial charge in [-0.3, -0.25) is 19.2 Å². The van der Waals surface area contributed by atoms with Crippen molar-refractivity contribution in [2.24, 2.45) is 0 Å². The lowest BCUT2D eigenvalue weighted by molar-refractivity contribution is -0.134. The minimum absolute atomic E-state index is 0.00380. The van der Waals surface area contributed by atoms with Gasteiger partial charge >= 0.3 is 30.5 Å². The van der Waals surface area contributed by atoms with Crippen LogP contribution in [0.15, 0.2) is 42.5 Å². The standard InChI is InChI=1S/C54H83N9O15/c1-51(2,3)75-47(71)56-25-14-19-36(59-49(73)77-53(7,8)9)31-58-42(65)37(20-15-24-55-46(69)70)60-44(67)39-28-32-17-13-18-33(27-32)34-22-23-41(64)35(29-34)30-40(63-50(74)78-54(10,11)12)45(68)61-38(43(66)62-39)21-16-26-57-48(72)76-52(4,5)6/h13,17-18,22-23,27,29,36-40,55,64H,14-16,19-21,24-26,28,30-31H2,1-12H3,(H,56,71)(H,57,72)(H,58,65)(H,59,73)(H,60,67)(H,61,68)(H,62,66)(H,63,74)(H,69,70)/t36-,37-,38-,39-,40-/m0/s1. The Hall–Kier alpha value is -7.53. The Morgan fingerprint density at radius 2 is 1.17 bits per heavy atom. The molecule has 1 aliphatic rings. The first-order valence-electron chi connectivity index (χ1n) is 26.1. The van der Waals surface area contributed by atoms with Gasteiger partial charge in [0, 0.05) is 45.1 Å². The predicted octanol–water partition coefficient (Wildman–Crippen LogP) is 5.17. The van der Waals surface area contributed by atoms with E-state index in [0.717, 1.165) is 0 Å². The Morgan fingerprint density at radius 3 is 1.77 bits per heavy atom. The zero-order chi connectivity index (χ0) is 58.6. The van der Waals surface area contributed by atoms with E-state index in [1.807, 2.05) is 0 Å². The zero-order valence-corrected chi connectivity index (χ0v) is 47.1. The number of fused-ring (bicyclic) bond motifs is 5. The minimum atomic E-state index is -1.44. The topological polar surface area (TPSA) is 339 Å². The number of carbonyl (C=O) groups excluding carboxylic acids is 8. The van der Waals surface area contributed by atoms with Crippen molar-refractivity contribution in [3.63, 3.8) is 0 Å². The maximum atomic E-state index is 14.7. The van der Waals surface area contributed by atoms with Gasteiger partial charge in [-0.2, -0.15) is 0 Å². The molecule has 78 heavy (non-hydrogen) atoms. The van der Waals surface area contributed by atoms with Crippen molar-refractivity contribution in [3.05, 3.63) is 53.6 Å². The highest BCUT2D eigenvalue weighted by atomic mass is 16.6. The van der Waals surface area contributed by atoms with Gasteiger partial charge < -0.3 is 77.0 Å². The quantitative estimate of drug-likeness (QED) is 0.0638. The third-order valence-corrected chi connectivity index (χ3v) is 11.0. The molecule has 0 saturated carbocycles. The molecule has 1 aliphatic heterocycles. The summed E-state index contributed by atoms with van der Waals surface area (Å²) in [5, 5.41) is 44.1. The summed E-state index contributed by atoms with van der Waals surface area (Å²) in [6, 6.07) is 5.38. The maximum absolute atomic E-state index is 14.7. The van der Waals surface area contributed by atoms with Crippen LogP contribution < -0.4 is 47.9 Å². The van der Waals surface area contributed by atoms with E-state index >= 15 is 0 Å². The molecule has 0 saturated heterocycles. The summed E-state index contributed by atoms with van der Waals surface area (Å²) < 4.78 is 21.6.